The van der Waals surface area contributed by atoms with Crippen molar-refractivity contribution in [3.8, 4) is 5.75 Å². The summed E-state index contributed by atoms with van der Waals surface area (Å²) in [6.45, 7) is 0. The van der Waals surface area contributed by atoms with Gasteiger partial charge in [0.25, 0.3) is 0 Å². The molecule has 4 aliphatic rings. The topological polar surface area (TPSA) is 121 Å². The van der Waals surface area contributed by atoms with Crippen molar-refractivity contribution < 1.29 is 38.2 Å². The number of phenols is 1. The minimum atomic E-state index is -1.59. The van der Waals surface area contributed by atoms with Crippen LogP contribution < -0.4 is 4.90 Å². The molecule has 2 heterocycles. The van der Waals surface area contributed by atoms with Gasteiger partial charge in [-0.1, -0.05) is 65.7 Å². The van der Waals surface area contributed by atoms with Gasteiger partial charge in [-0.25, -0.2) is 14.1 Å². The first-order valence-corrected chi connectivity index (χ1v) is 14.8. The second-order valence-corrected chi connectivity index (χ2v) is 12.2. The Morgan fingerprint density at radius 2 is 1.71 bits per heavy atom. The summed E-state index contributed by atoms with van der Waals surface area (Å²) in [5.74, 6) is -8.65. The number of carbonyl (C=O) groups excluding carboxylic acids is 5. The van der Waals surface area contributed by atoms with Crippen molar-refractivity contribution in [3.05, 3.63) is 106 Å². The maximum Gasteiger partial charge on any atom is 0.423 e. The Morgan fingerprint density at radius 1 is 0.956 bits per heavy atom. The Labute approximate surface area is 261 Å². The molecule has 9 nitrogen and oxygen atoms in total. The monoisotopic (exact) mass is 628 g/mol. The van der Waals surface area contributed by atoms with Crippen LogP contribution in [0.4, 0.5) is 14.9 Å². The predicted octanol–water partition coefficient (Wildman–Crippen LogP) is 5.11. The number of allylic oxidation sites excluding steroid dienone is 2. The Kier molecular flexibility index (Phi) is 6.67. The van der Waals surface area contributed by atoms with E-state index in [9.17, 15) is 24.3 Å². The average molecular weight is 629 g/mol. The van der Waals surface area contributed by atoms with Gasteiger partial charge in [0.15, 0.2) is 11.6 Å². The largest absolute Gasteiger partial charge is 0.505 e. The SMILES string of the molecule is COC(=O)N1C(=O)[C@H]2[C@H](CC=C3[C@H]2C[C@H]2C(=O)N(c4cccc(Cl)c4)C(=O)[C@@]2(c2ccccc2)[C@H]3c2ccc(O)c(F)c2)C1=O. The number of hydrogen-bond acceptors (Lipinski definition) is 7. The molecule has 3 fully saturated rings. The highest BCUT2D eigenvalue weighted by Crippen LogP contribution is 2.64. The number of nitrogens with zero attached hydrogens (tertiary/aromatic N) is 2. The number of ether oxygens (including phenoxy) is 1. The van der Waals surface area contributed by atoms with E-state index in [1.54, 1.807) is 54.6 Å². The van der Waals surface area contributed by atoms with Gasteiger partial charge in [0.05, 0.1) is 36.0 Å². The second kappa shape index (κ2) is 10.4. The van der Waals surface area contributed by atoms with E-state index in [1.807, 2.05) is 0 Å². The maximum absolute atomic E-state index is 15.1. The number of rotatable bonds is 3. The van der Waals surface area contributed by atoms with E-state index in [2.05, 4.69) is 0 Å². The highest BCUT2D eigenvalue weighted by Gasteiger charge is 2.70. The number of likely N-dealkylation sites (tertiary alicyclic amines) is 1. The molecule has 0 unspecified atom stereocenters. The number of benzene rings is 3. The van der Waals surface area contributed by atoms with Crippen LogP contribution >= 0.6 is 11.6 Å². The summed E-state index contributed by atoms with van der Waals surface area (Å²) >= 11 is 6.29. The molecule has 7 rings (SSSR count). The summed E-state index contributed by atoms with van der Waals surface area (Å²) in [5.41, 5.74) is 0.0830. The van der Waals surface area contributed by atoms with E-state index >= 15 is 9.18 Å². The van der Waals surface area contributed by atoms with Crippen molar-refractivity contribution in [3.63, 3.8) is 0 Å². The van der Waals surface area contributed by atoms with Crippen LogP contribution in [0.2, 0.25) is 5.02 Å². The molecular weight excluding hydrogens is 603 g/mol. The van der Waals surface area contributed by atoms with Gasteiger partial charge in [-0.3, -0.25) is 19.2 Å². The standard InChI is InChI=1S/C34H26ClFN2O7/c1-45-33(44)38-29(40)22-12-11-21-23(27(22)31(38)42)16-24-30(41)37(20-9-5-8-19(35)15-20)32(43)34(24,18-6-3-2-4-7-18)28(21)17-10-13-26(39)25(36)14-17/h2-11,13-15,22-24,27-28,39H,12,16H2,1H3/t22-,23+,24-,27-,28-,34+/m0/s1. The lowest BCUT2D eigenvalue weighted by molar-refractivity contribution is -0.138. The molecule has 45 heavy (non-hydrogen) atoms. The molecule has 1 saturated carbocycles. The minimum Gasteiger partial charge on any atom is -0.505 e. The van der Waals surface area contributed by atoms with E-state index < -0.39 is 76.3 Å². The first kappa shape index (κ1) is 28.9. The van der Waals surface area contributed by atoms with E-state index in [1.165, 1.54) is 18.2 Å². The minimum absolute atomic E-state index is 0.00856. The molecule has 0 spiro atoms. The highest BCUT2D eigenvalue weighted by molar-refractivity contribution is 6.32. The molecule has 3 aromatic rings. The highest BCUT2D eigenvalue weighted by atomic mass is 35.5. The predicted molar refractivity (Wildman–Crippen MR) is 158 cm³/mol. The number of hydrogen-bond donors (Lipinski definition) is 1. The van der Waals surface area contributed by atoms with Crippen LogP contribution in [0.25, 0.3) is 0 Å². The summed E-state index contributed by atoms with van der Waals surface area (Å²) in [7, 11) is 1.08. The molecule has 2 saturated heterocycles. The molecular formula is C34H26ClFN2O7. The van der Waals surface area contributed by atoms with Crippen LogP contribution in [0.5, 0.6) is 5.75 Å². The van der Waals surface area contributed by atoms with Crippen molar-refractivity contribution in [1.82, 2.24) is 4.90 Å². The quantitative estimate of drug-likeness (QED) is 0.316. The molecule has 2 aliphatic heterocycles. The smallest absolute Gasteiger partial charge is 0.423 e. The average Bonchev–Trinajstić information content (AvgIpc) is 3.43. The van der Waals surface area contributed by atoms with Gasteiger partial charge in [-0.2, -0.15) is 4.90 Å². The van der Waals surface area contributed by atoms with E-state index in [0.717, 1.165) is 18.1 Å². The van der Waals surface area contributed by atoms with Gasteiger partial charge in [-0.15, -0.1) is 0 Å². The van der Waals surface area contributed by atoms with Crippen LogP contribution in [0.1, 0.15) is 29.9 Å². The van der Waals surface area contributed by atoms with Crippen molar-refractivity contribution in [1.29, 1.82) is 0 Å². The second-order valence-electron chi connectivity index (χ2n) is 11.8. The van der Waals surface area contributed by atoms with Crippen LogP contribution in [-0.2, 0) is 29.3 Å². The fraction of sp³-hybridized carbons (Fsp3) is 0.265. The molecule has 11 heteroatoms. The first-order valence-electron chi connectivity index (χ1n) is 14.4. The van der Waals surface area contributed by atoms with Gasteiger partial charge >= 0.3 is 6.09 Å². The van der Waals surface area contributed by atoms with E-state index in [4.69, 9.17) is 16.3 Å². The summed E-state index contributed by atoms with van der Waals surface area (Å²) in [4.78, 5) is 70.8. The van der Waals surface area contributed by atoms with Crippen molar-refractivity contribution in [2.45, 2.75) is 24.2 Å². The van der Waals surface area contributed by atoms with Gasteiger partial charge in [0, 0.05) is 10.9 Å². The summed E-state index contributed by atoms with van der Waals surface area (Å²) in [6, 6.07) is 19.0. The number of imide groups is 4. The Balaban J connectivity index is 1.49. The lowest BCUT2D eigenvalue weighted by atomic mass is 9.49. The van der Waals surface area contributed by atoms with Crippen molar-refractivity contribution in [2.24, 2.45) is 23.7 Å². The normalized spacial score (nSPS) is 28.9. The molecule has 2 aliphatic carbocycles. The zero-order chi connectivity index (χ0) is 31.8. The third-order valence-corrected chi connectivity index (χ3v) is 10.1. The fourth-order valence-electron chi connectivity index (χ4n) is 8.09. The molecule has 3 aromatic carbocycles. The van der Waals surface area contributed by atoms with Crippen LogP contribution in [-0.4, -0.2) is 46.8 Å². The lowest BCUT2D eigenvalue weighted by Crippen LogP contribution is -2.53. The number of methoxy groups -OCH3 is 1. The maximum atomic E-state index is 15.1. The molecule has 0 radical (unpaired) electrons. The number of phenolic OH excluding ortho intramolecular Hbond substituents is 1. The third kappa shape index (κ3) is 3.94. The van der Waals surface area contributed by atoms with Gasteiger partial charge in [0.2, 0.25) is 23.6 Å². The first-order chi connectivity index (χ1) is 21.6. The fourth-order valence-corrected chi connectivity index (χ4v) is 8.28. The number of aromatic hydroxyl groups is 1. The van der Waals surface area contributed by atoms with Crippen LogP contribution in [0.3, 0.4) is 0 Å². The van der Waals surface area contributed by atoms with Crippen molar-refractivity contribution in [2.75, 3.05) is 12.0 Å². The molecule has 0 bridgehead atoms. The van der Waals surface area contributed by atoms with E-state index in [0.29, 0.717) is 26.6 Å². The molecule has 5 amide bonds. The Bertz CT molecular complexity index is 1840. The molecule has 228 valence electrons. The number of fused-ring (bicyclic) bond motifs is 4. The lowest BCUT2D eigenvalue weighted by Gasteiger charge is -2.50. The summed E-state index contributed by atoms with van der Waals surface area (Å²) in [6.07, 6.45) is 0.788. The zero-order valence-electron chi connectivity index (χ0n) is 23.9. The number of amides is 5. The Hall–Kier alpha value is -4.83. The van der Waals surface area contributed by atoms with Gasteiger partial charge in [0.1, 0.15) is 0 Å². The van der Waals surface area contributed by atoms with Crippen molar-refractivity contribution >= 4 is 47.0 Å². The van der Waals surface area contributed by atoms with E-state index in [-0.39, 0.29) is 18.5 Å². The zero-order valence-corrected chi connectivity index (χ0v) is 24.6. The van der Waals surface area contributed by atoms with Gasteiger partial charge in [-0.05, 0) is 60.2 Å². The third-order valence-electron chi connectivity index (χ3n) is 9.83. The van der Waals surface area contributed by atoms with Crippen LogP contribution in [0.15, 0.2) is 84.4 Å². The summed E-state index contributed by atoms with van der Waals surface area (Å²) in [5, 5.41) is 10.4. The molecule has 0 aromatic heterocycles. The molecule has 6 atom stereocenters. The number of carbonyl (C=O) groups is 5. The summed E-state index contributed by atoms with van der Waals surface area (Å²) < 4.78 is 19.8. The number of anilines is 1. The molecule has 1 N–H and O–H groups in total. The van der Waals surface area contributed by atoms with Gasteiger partial charge < -0.3 is 9.84 Å². The Morgan fingerprint density at radius 3 is 2.40 bits per heavy atom. The van der Waals surface area contributed by atoms with Crippen LogP contribution in [0, 0.1) is 29.5 Å². The number of halogens is 2.